The maximum atomic E-state index is 12.5. The summed E-state index contributed by atoms with van der Waals surface area (Å²) in [7, 11) is 0. The Balaban J connectivity index is 1.90. The topological polar surface area (TPSA) is 97.1 Å². The third-order valence-electron chi connectivity index (χ3n) is 3.53. The largest absolute Gasteiger partial charge is 0.478 e. The number of carbonyl (C=O) groups is 2. The lowest BCUT2D eigenvalue weighted by atomic mass is 10.1. The summed E-state index contributed by atoms with van der Waals surface area (Å²) < 4.78 is 1.55. The van der Waals surface area contributed by atoms with Gasteiger partial charge < -0.3 is 10.4 Å². The van der Waals surface area contributed by atoms with E-state index in [-0.39, 0.29) is 11.3 Å². The number of aromatic carboxylic acids is 1. The van der Waals surface area contributed by atoms with E-state index in [1.807, 2.05) is 6.07 Å². The van der Waals surface area contributed by atoms with E-state index in [1.165, 1.54) is 12.3 Å². The molecule has 0 aliphatic rings. The predicted molar refractivity (Wildman–Crippen MR) is 87.5 cm³/mol. The second kappa shape index (κ2) is 6.33. The Bertz CT molecular complexity index is 903. The summed E-state index contributed by atoms with van der Waals surface area (Å²) in [4.78, 5) is 27.9. The molecule has 0 aliphatic carbocycles. The number of amides is 1. The van der Waals surface area contributed by atoms with Crippen LogP contribution in [0.15, 0.2) is 54.9 Å². The molecular formula is C17H14N4O3. The van der Waals surface area contributed by atoms with Gasteiger partial charge in [0.25, 0.3) is 5.91 Å². The zero-order chi connectivity index (χ0) is 17.1. The molecule has 0 aliphatic heterocycles. The zero-order valence-electron chi connectivity index (χ0n) is 12.8. The van der Waals surface area contributed by atoms with Crippen molar-refractivity contribution in [2.75, 3.05) is 5.32 Å². The van der Waals surface area contributed by atoms with Crippen molar-refractivity contribution < 1.29 is 14.7 Å². The minimum absolute atomic E-state index is 0.0284. The lowest BCUT2D eigenvalue weighted by Gasteiger charge is -2.08. The first-order valence-corrected chi connectivity index (χ1v) is 7.17. The number of hydrogen-bond acceptors (Lipinski definition) is 4. The number of hydrogen-bond donors (Lipinski definition) is 2. The highest BCUT2D eigenvalue weighted by Crippen LogP contribution is 2.18. The molecular weight excluding hydrogens is 308 g/mol. The van der Waals surface area contributed by atoms with Crippen LogP contribution in [0.3, 0.4) is 0 Å². The highest BCUT2D eigenvalue weighted by Gasteiger charge is 2.18. The van der Waals surface area contributed by atoms with Crippen LogP contribution in [0.2, 0.25) is 0 Å². The molecule has 0 fully saturated rings. The molecule has 0 bridgehead atoms. The van der Waals surface area contributed by atoms with Gasteiger partial charge in [0.2, 0.25) is 0 Å². The van der Waals surface area contributed by atoms with Crippen molar-refractivity contribution in [3.05, 3.63) is 71.7 Å². The van der Waals surface area contributed by atoms with E-state index in [4.69, 9.17) is 0 Å². The van der Waals surface area contributed by atoms with Crippen molar-refractivity contribution in [1.82, 2.24) is 14.8 Å². The molecule has 0 saturated heterocycles. The molecule has 7 heteroatoms. The molecule has 2 N–H and O–H groups in total. The Kier molecular flexibility index (Phi) is 4.07. The molecule has 2 heterocycles. The van der Waals surface area contributed by atoms with Gasteiger partial charge in [-0.15, -0.1) is 0 Å². The summed E-state index contributed by atoms with van der Waals surface area (Å²) in [5.74, 6) is -0.935. The molecule has 120 valence electrons. The van der Waals surface area contributed by atoms with Crippen molar-refractivity contribution in [2.45, 2.75) is 6.92 Å². The van der Waals surface area contributed by atoms with Gasteiger partial charge in [-0.25, -0.2) is 14.5 Å². The van der Waals surface area contributed by atoms with Crippen LogP contribution in [0.1, 0.15) is 26.4 Å². The summed E-state index contributed by atoms with van der Waals surface area (Å²) >= 11 is 0. The fourth-order valence-electron chi connectivity index (χ4n) is 2.31. The first-order chi connectivity index (χ1) is 11.6. The monoisotopic (exact) mass is 322 g/mol. The molecule has 24 heavy (non-hydrogen) atoms. The van der Waals surface area contributed by atoms with Crippen molar-refractivity contribution in [1.29, 1.82) is 0 Å². The highest BCUT2D eigenvalue weighted by molar-refractivity contribution is 6.08. The van der Waals surface area contributed by atoms with Crippen LogP contribution in [0.25, 0.3) is 5.82 Å². The van der Waals surface area contributed by atoms with Crippen LogP contribution >= 0.6 is 0 Å². The summed E-state index contributed by atoms with van der Waals surface area (Å²) in [5, 5.41) is 16.0. The number of nitrogens with zero attached hydrogens (tertiary/aromatic N) is 3. The second-order valence-corrected chi connectivity index (χ2v) is 5.05. The van der Waals surface area contributed by atoms with Crippen LogP contribution in [-0.2, 0) is 0 Å². The van der Waals surface area contributed by atoms with Gasteiger partial charge in [-0.1, -0.05) is 18.2 Å². The van der Waals surface area contributed by atoms with Gasteiger partial charge in [0.1, 0.15) is 0 Å². The van der Waals surface area contributed by atoms with Gasteiger partial charge in [-0.05, 0) is 31.2 Å². The van der Waals surface area contributed by atoms with E-state index in [9.17, 15) is 14.7 Å². The van der Waals surface area contributed by atoms with Gasteiger partial charge in [0.15, 0.2) is 5.82 Å². The molecule has 2 aromatic heterocycles. The number of anilines is 1. The fraction of sp³-hybridized carbons (Fsp3) is 0.0588. The molecule has 7 nitrogen and oxygen atoms in total. The molecule has 1 amide bonds. The van der Waals surface area contributed by atoms with E-state index >= 15 is 0 Å². The van der Waals surface area contributed by atoms with Gasteiger partial charge in [0, 0.05) is 6.20 Å². The van der Waals surface area contributed by atoms with Crippen molar-refractivity contribution in [2.24, 2.45) is 0 Å². The standard InChI is InChI=1S/C17H14N4O3/c1-11-13(10-19-21(11)15-8-4-5-9-18-15)16(22)20-14-7-3-2-6-12(14)17(23)24/h2-10H,1H3,(H,20,22)(H,23,24). The minimum Gasteiger partial charge on any atom is -0.478 e. The van der Waals surface area contributed by atoms with Gasteiger partial charge in [-0.2, -0.15) is 5.10 Å². The quantitative estimate of drug-likeness (QED) is 0.769. The van der Waals surface area contributed by atoms with Gasteiger partial charge in [-0.3, -0.25) is 4.79 Å². The lowest BCUT2D eigenvalue weighted by molar-refractivity contribution is 0.0698. The number of nitrogens with one attached hydrogen (secondary N) is 1. The number of para-hydroxylation sites is 1. The molecule has 0 saturated carbocycles. The number of carbonyl (C=O) groups excluding carboxylic acids is 1. The van der Waals surface area contributed by atoms with Crippen LogP contribution < -0.4 is 5.32 Å². The molecule has 3 aromatic rings. The molecule has 0 spiro atoms. The number of carboxylic acids is 1. The first-order valence-electron chi connectivity index (χ1n) is 7.17. The van der Waals surface area contributed by atoms with E-state index < -0.39 is 11.9 Å². The van der Waals surface area contributed by atoms with Crippen molar-refractivity contribution in [3.63, 3.8) is 0 Å². The third-order valence-corrected chi connectivity index (χ3v) is 3.53. The average Bonchev–Trinajstić information content (AvgIpc) is 2.97. The highest BCUT2D eigenvalue weighted by atomic mass is 16.4. The van der Waals surface area contributed by atoms with Crippen LogP contribution in [0.5, 0.6) is 0 Å². The second-order valence-electron chi connectivity index (χ2n) is 5.05. The summed E-state index contributed by atoms with van der Waals surface area (Å²) in [6, 6.07) is 11.6. The first kappa shape index (κ1) is 15.4. The number of aromatic nitrogens is 3. The summed E-state index contributed by atoms with van der Waals surface area (Å²) in [5.41, 5.74) is 1.22. The predicted octanol–water partition coefficient (Wildman–Crippen LogP) is 2.53. The van der Waals surface area contributed by atoms with E-state index in [0.29, 0.717) is 17.1 Å². The number of rotatable bonds is 4. The SMILES string of the molecule is Cc1c(C(=O)Nc2ccccc2C(=O)O)cnn1-c1ccccn1. The Morgan fingerprint density at radius 1 is 1.08 bits per heavy atom. The Hall–Kier alpha value is -3.48. The molecule has 3 rings (SSSR count). The third kappa shape index (κ3) is 2.87. The smallest absolute Gasteiger partial charge is 0.337 e. The number of carboxylic acid groups (broad SMARTS) is 1. The maximum Gasteiger partial charge on any atom is 0.337 e. The fourth-order valence-corrected chi connectivity index (χ4v) is 2.31. The average molecular weight is 322 g/mol. The molecule has 1 aromatic carbocycles. The van der Waals surface area contributed by atoms with Gasteiger partial charge in [0.05, 0.1) is 28.7 Å². The normalized spacial score (nSPS) is 10.4. The minimum atomic E-state index is -1.10. The number of pyridine rings is 1. The van der Waals surface area contributed by atoms with Crippen LogP contribution in [-0.4, -0.2) is 31.7 Å². The Labute approximate surface area is 137 Å². The maximum absolute atomic E-state index is 12.5. The van der Waals surface area contributed by atoms with Crippen molar-refractivity contribution >= 4 is 17.6 Å². The van der Waals surface area contributed by atoms with Crippen LogP contribution in [0, 0.1) is 6.92 Å². The van der Waals surface area contributed by atoms with Crippen LogP contribution in [0.4, 0.5) is 5.69 Å². The zero-order valence-corrected chi connectivity index (χ0v) is 12.8. The summed E-state index contributed by atoms with van der Waals surface area (Å²) in [6.07, 6.45) is 3.07. The molecule has 0 atom stereocenters. The van der Waals surface area contributed by atoms with Gasteiger partial charge >= 0.3 is 5.97 Å². The molecule has 0 radical (unpaired) electrons. The van der Waals surface area contributed by atoms with E-state index in [0.717, 1.165) is 0 Å². The Morgan fingerprint density at radius 3 is 2.54 bits per heavy atom. The molecule has 0 unspecified atom stereocenters. The number of benzene rings is 1. The summed E-state index contributed by atoms with van der Waals surface area (Å²) in [6.45, 7) is 1.75. The Morgan fingerprint density at radius 2 is 1.83 bits per heavy atom. The van der Waals surface area contributed by atoms with E-state index in [1.54, 1.807) is 48.1 Å². The van der Waals surface area contributed by atoms with E-state index in [2.05, 4.69) is 15.4 Å². The van der Waals surface area contributed by atoms with Crippen molar-refractivity contribution in [3.8, 4) is 5.82 Å². The lowest BCUT2D eigenvalue weighted by Crippen LogP contribution is -2.15.